The van der Waals surface area contributed by atoms with Gasteiger partial charge in [-0.05, 0) is 37.0 Å². The number of hydrogen-bond donors (Lipinski definition) is 1. The molecule has 2 bridgehead atoms. The van der Waals surface area contributed by atoms with Gasteiger partial charge in [-0.1, -0.05) is 25.2 Å². The van der Waals surface area contributed by atoms with E-state index in [1.54, 1.807) is 0 Å². The Kier molecular flexibility index (Phi) is 2.02. The molecule has 0 amide bonds. The van der Waals surface area contributed by atoms with Gasteiger partial charge in [0.05, 0.1) is 5.03 Å². The molecular formula is C13H17NOS2. The maximum Gasteiger partial charge on any atom is 0.305 e. The second kappa shape index (κ2) is 3.21. The Balaban J connectivity index is 1.89. The van der Waals surface area contributed by atoms with E-state index in [0.29, 0.717) is 0 Å². The summed E-state index contributed by atoms with van der Waals surface area (Å²) in [5, 5.41) is 1.94. The standard InChI is InChI=1S/C13H17NOS2/c1-13(2)8-6-3-4-7(5-6)9(8)16-11-10(13)17-12(15)14-11/h6-9H,3-5H2,1-2H3,(H,14,15)/t6-,7+,8?,9?/m1/s1. The Morgan fingerprint density at radius 3 is 2.88 bits per heavy atom. The number of aromatic nitrogens is 1. The first-order valence-electron chi connectivity index (χ1n) is 6.47. The molecule has 1 N–H and O–H groups in total. The normalized spacial score (nSPS) is 41.3. The van der Waals surface area contributed by atoms with Crippen LogP contribution in [0.2, 0.25) is 0 Å². The summed E-state index contributed by atoms with van der Waals surface area (Å²) in [6, 6.07) is 0. The van der Waals surface area contributed by atoms with E-state index in [1.807, 2.05) is 11.8 Å². The molecule has 3 aliphatic rings. The first-order valence-corrected chi connectivity index (χ1v) is 8.17. The molecule has 1 aromatic rings. The van der Waals surface area contributed by atoms with Crippen molar-refractivity contribution in [2.24, 2.45) is 17.8 Å². The highest BCUT2D eigenvalue weighted by Crippen LogP contribution is 2.64. The lowest BCUT2D eigenvalue weighted by Gasteiger charge is -2.45. The topological polar surface area (TPSA) is 32.9 Å². The first-order chi connectivity index (χ1) is 8.07. The number of nitrogens with one attached hydrogen (secondary N) is 1. The third-order valence-electron chi connectivity index (χ3n) is 5.13. The van der Waals surface area contributed by atoms with Crippen LogP contribution in [0, 0.1) is 17.8 Å². The second-order valence-corrected chi connectivity index (χ2v) is 8.51. The summed E-state index contributed by atoms with van der Waals surface area (Å²) in [6.45, 7) is 4.71. The third kappa shape index (κ3) is 1.26. The zero-order valence-corrected chi connectivity index (χ0v) is 11.8. The van der Waals surface area contributed by atoms with E-state index in [0.717, 1.165) is 23.0 Å². The van der Waals surface area contributed by atoms with Crippen molar-refractivity contribution in [1.82, 2.24) is 4.98 Å². The van der Waals surface area contributed by atoms with E-state index in [9.17, 15) is 4.79 Å². The van der Waals surface area contributed by atoms with E-state index in [1.165, 1.54) is 40.5 Å². The molecule has 0 aromatic carbocycles. The van der Waals surface area contributed by atoms with E-state index >= 15 is 0 Å². The summed E-state index contributed by atoms with van der Waals surface area (Å²) in [7, 11) is 0. The fourth-order valence-electron chi connectivity index (χ4n) is 4.52. The second-order valence-electron chi connectivity index (χ2n) is 6.34. The number of aromatic amines is 1. The van der Waals surface area contributed by atoms with Crippen molar-refractivity contribution < 1.29 is 0 Å². The molecule has 4 rings (SSSR count). The van der Waals surface area contributed by atoms with Crippen LogP contribution in [0.15, 0.2) is 9.82 Å². The quantitative estimate of drug-likeness (QED) is 0.783. The molecule has 0 radical (unpaired) electrons. The average Bonchev–Trinajstić information content (AvgIpc) is 2.90. The molecule has 2 heterocycles. The summed E-state index contributed by atoms with van der Waals surface area (Å²) in [5.74, 6) is 2.62. The van der Waals surface area contributed by atoms with Gasteiger partial charge >= 0.3 is 4.87 Å². The van der Waals surface area contributed by atoms with E-state index in [-0.39, 0.29) is 10.3 Å². The minimum Gasteiger partial charge on any atom is -0.307 e. The first kappa shape index (κ1) is 10.7. The van der Waals surface area contributed by atoms with Gasteiger partial charge in [0, 0.05) is 15.5 Å². The zero-order valence-electron chi connectivity index (χ0n) is 10.2. The highest BCUT2D eigenvalue weighted by atomic mass is 32.2. The van der Waals surface area contributed by atoms with Gasteiger partial charge in [-0.25, -0.2) is 0 Å². The number of fused-ring (bicyclic) bond motifs is 6. The molecule has 0 saturated heterocycles. The van der Waals surface area contributed by atoms with Crippen molar-refractivity contribution >= 4 is 23.1 Å². The lowest BCUT2D eigenvalue weighted by Crippen LogP contribution is -2.42. The maximum atomic E-state index is 11.6. The molecule has 2 aliphatic carbocycles. The lowest BCUT2D eigenvalue weighted by atomic mass is 9.69. The predicted octanol–water partition coefficient (Wildman–Crippen LogP) is 3.23. The fourth-order valence-corrected chi connectivity index (χ4v) is 7.67. The average molecular weight is 267 g/mol. The number of thiazole rings is 1. The molecule has 17 heavy (non-hydrogen) atoms. The van der Waals surface area contributed by atoms with Gasteiger partial charge < -0.3 is 4.98 Å². The van der Waals surface area contributed by atoms with Crippen LogP contribution in [0.3, 0.4) is 0 Å². The third-order valence-corrected chi connectivity index (χ3v) is 7.97. The van der Waals surface area contributed by atoms with Crippen molar-refractivity contribution in [3.63, 3.8) is 0 Å². The van der Waals surface area contributed by atoms with Gasteiger partial charge in [-0.2, -0.15) is 0 Å². The Labute approximate surface area is 109 Å². The maximum absolute atomic E-state index is 11.6. The molecule has 2 saturated carbocycles. The molecular weight excluding hydrogens is 250 g/mol. The molecule has 4 heteroatoms. The minimum absolute atomic E-state index is 0.128. The van der Waals surface area contributed by atoms with Crippen molar-refractivity contribution in [2.75, 3.05) is 0 Å². The Bertz CT molecular complexity index is 530. The molecule has 2 fully saturated rings. The van der Waals surface area contributed by atoms with Crippen molar-refractivity contribution in [3.8, 4) is 0 Å². The van der Waals surface area contributed by atoms with E-state index < -0.39 is 0 Å². The molecule has 2 unspecified atom stereocenters. The van der Waals surface area contributed by atoms with Crippen LogP contribution in [0.4, 0.5) is 0 Å². The molecule has 1 aromatic heterocycles. The molecule has 2 nitrogen and oxygen atoms in total. The molecule has 4 atom stereocenters. The van der Waals surface area contributed by atoms with Crippen LogP contribution < -0.4 is 4.87 Å². The van der Waals surface area contributed by atoms with Crippen LogP contribution in [0.1, 0.15) is 38.0 Å². The number of hydrogen-bond acceptors (Lipinski definition) is 3. The smallest absolute Gasteiger partial charge is 0.305 e. The van der Waals surface area contributed by atoms with Crippen molar-refractivity contribution in [1.29, 1.82) is 0 Å². The summed E-state index contributed by atoms with van der Waals surface area (Å²) in [6.07, 6.45) is 4.27. The monoisotopic (exact) mass is 267 g/mol. The Morgan fingerprint density at radius 1 is 1.29 bits per heavy atom. The summed E-state index contributed by atoms with van der Waals surface area (Å²) < 4.78 is 0. The predicted molar refractivity (Wildman–Crippen MR) is 71.9 cm³/mol. The van der Waals surface area contributed by atoms with E-state index in [4.69, 9.17) is 0 Å². The van der Waals surface area contributed by atoms with Crippen LogP contribution in [-0.2, 0) is 5.41 Å². The SMILES string of the molecule is CC1(C)c2sc(=O)[nH]c2SC2C1[C@@H]1CC[C@H]2C1. The van der Waals surface area contributed by atoms with Crippen molar-refractivity contribution in [2.45, 2.75) is 48.8 Å². The molecule has 92 valence electrons. The highest BCUT2D eigenvalue weighted by Gasteiger charge is 2.57. The minimum atomic E-state index is 0.128. The van der Waals surface area contributed by atoms with Gasteiger partial charge in [-0.15, -0.1) is 11.8 Å². The zero-order chi connectivity index (χ0) is 11.8. The summed E-state index contributed by atoms with van der Waals surface area (Å²) in [5.41, 5.74) is 0.203. The Morgan fingerprint density at radius 2 is 2.06 bits per heavy atom. The van der Waals surface area contributed by atoms with Gasteiger partial charge in [-0.3, -0.25) is 4.79 Å². The van der Waals surface area contributed by atoms with Crippen LogP contribution in [0.5, 0.6) is 0 Å². The fraction of sp³-hybridized carbons (Fsp3) is 0.769. The van der Waals surface area contributed by atoms with Gasteiger partial charge in [0.2, 0.25) is 0 Å². The van der Waals surface area contributed by atoms with Crippen molar-refractivity contribution in [3.05, 3.63) is 14.5 Å². The number of thioether (sulfide) groups is 1. The number of H-pyrrole nitrogens is 1. The van der Waals surface area contributed by atoms with E-state index in [2.05, 4.69) is 18.8 Å². The van der Waals surface area contributed by atoms with Gasteiger partial charge in [0.1, 0.15) is 0 Å². The van der Waals surface area contributed by atoms with Crippen LogP contribution in [-0.4, -0.2) is 10.2 Å². The van der Waals surface area contributed by atoms with Crippen LogP contribution >= 0.6 is 23.1 Å². The number of rotatable bonds is 0. The highest BCUT2D eigenvalue weighted by molar-refractivity contribution is 8.00. The largest absolute Gasteiger partial charge is 0.307 e. The molecule has 1 aliphatic heterocycles. The van der Waals surface area contributed by atoms with Crippen LogP contribution in [0.25, 0.3) is 0 Å². The lowest BCUT2D eigenvalue weighted by molar-refractivity contribution is 0.218. The Hall–Kier alpha value is -0.220. The summed E-state index contributed by atoms with van der Waals surface area (Å²) >= 11 is 3.41. The summed E-state index contributed by atoms with van der Waals surface area (Å²) in [4.78, 5) is 16.1. The van der Waals surface area contributed by atoms with Gasteiger partial charge in [0.25, 0.3) is 0 Å². The van der Waals surface area contributed by atoms with Gasteiger partial charge in [0.15, 0.2) is 0 Å². The molecule has 0 spiro atoms.